The number of rotatable bonds is 5. The summed E-state index contributed by atoms with van der Waals surface area (Å²) in [7, 11) is 1.31. The maximum absolute atomic E-state index is 13.4. The summed E-state index contributed by atoms with van der Waals surface area (Å²) in [6.07, 6.45) is 0.259. The van der Waals surface area contributed by atoms with Crippen molar-refractivity contribution in [2.24, 2.45) is 0 Å². The van der Waals surface area contributed by atoms with Crippen molar-refractivity contribution in [1.82, 2.24) is 5.32 Å². The second-order valence-corrected chi connectivity index (χ2v) is 8.42. The number of hydrogen-bond donors (Lipinski definition) is 1. The normalized spacial score (nSPS) is 13.3. The zero-order valence-electron chi connectivity index (χ0n) is 16.2. The molecule has 3 aromatic rings. The van der Waals surface area contributed by atoms with Crippen LogP contribution in [-0.2, 0) is 20.7 Å². The Hall–Kier alpha value is -2.63. The summed E-state index contributed by atoms with van der Waals surface area (Å²) in [5.74, 6) is -1.22. The third kappa shape index (κ3) is 3.87. The van der Waals surface area contributed by atoms with Gasteiger partial charge in [0.1, 0.15) is 6.04 Å². The van der Waals surface area contributed by atoms with E-state index < -0.39 is 17.9 Å². The fourth-order valence-corrected chi connectivity index (χ4v) is 4.55. The van der Waals surface area contributed by atoms with E-state index in [-0.39, 0.29) is 12.3 Å². The monoisotopic (exact) mass is 483 g/mol. The van der Waals surface area contributed by atoms with Crippen LogP contribution < -0.4 is 5.32 Å². The lowest BCUT2D eigenvalue weighted by Gasteiger charge is -2.21. The van der Waals surface area contributed by atoms with Crippen molar-refractivity contribution in [3.8, 4) is 11.1 Å². The second-order valence-electron chi connectivity index (χ2n) is 7.13. The zero-order chi connectivity index (χ0) is 21.3. The topological polar surface area (TPSA) is 55.4 Å². The first-order chi connectivity index (χ1) is 14.5. The second kappa shape index (κ2) is 8.62. The average Bonchev–Trinajstić information content (AvgIpc) is 3.09. The van der Waals surface area contributed by atoms with Gasteiger partial charge in [-0.2, -0.15) is 0 Å². The molecule has 0 aliphatic heterocycles. The lowest BCUT2D eigenvalue weighted by Crippen LogP contribution is -2.45. The number of methoxy groups -OCH3 is 1. The van der Waals surface area contributed by atoms with Crippen LogP contribution >= 0.6 is 27.5 Å². The minimum absolute atomic E-state index is 0.235. The van der Waals surface area contributed by atoms with Gasteiger partial charge in [-0.15, -0.1) is 0 Å². The quantitative estimate of drug-likeness (QED) is 0.512. The summed E-state index contributed by atoms with van der Waals surface area (Å²) in [6, 6.07) is 20.2. The first kappa shape index (κ1) is 20.6. The molecule has 1 amide bonds. The Bertz CT molecular complexity index is 1090. The van der Waals surface area contributed by atoms with E-state index in [4.69, 9.17) is 16.3 Å². The van der Waals surface area contributed by atoms with E-state index >= 15 is 0 Å². The van der Waals surface area contributed by atoms with E-state index in [1.807, 2.05) is 54.6 Å². The summed E-state index contributed by atoms with van der Waals surface area (Å²) in [5, 5.41) is 3.47. The maximum atomic E-state index is 13.4. The van der Waals surface area contributed by atoms with Gasteiger partial charge in [-0.05, 0) is 46.0 Å². The minimum Gasteiger partial charge on any atom is -0.467 e. The SMILES string of the molecule is COC(=O)[C@H](Cc1cc(Cl)ccc1Br)NC(=O)C1c2ccccc2-c2ccccc21. The van der Waals surface area contributed by atoms with Crippen molar-refractivity contribution < 1.29 is 14.3 Å². The molecule has 0 unspecified atom stereocenters. The number of halogens is 2. The highest BCUT2D eigenvalue weighted by Crippen LogP contribution is 2.44. The predicted octanol–water partition coefficient (Wildman–Crippen LogP) is 5.12. The highest BCUT2D eigenvalue weighted by atomic mass is 79.9. The molecule has 0 aromatic heterocycles. The molecule has 4 nitrogen and oxygen atoms in total. The number of carbonyl (C=O) groups excluding carboxylic acids is 2. The van der Waals surface area contributed by atoms with Gasteiger partial charge in [-0.3, -0.25) is 4.79 Å². The van der Waals surface area contributed by atoms with E-state index in [0.29, 0.717) is 5.02 Å². The standard InChI is InChI=1S/C24H19BrClNO3/c1-30-24(29)21(13-14-12-15(26)10-11-20(14)25)27-23(28)22-18-8-4-2-6-16(18)17-7-3-5-9-19(17)22/h2-12,21-22H,13H2,1H3,(H,27,28)/t21-/m0/s1. The summed E-state index contributed by atoms with van der Waals surface area (Å²) in [5.41, 5.74) is 4.76. The first-order valence-electron chi connectivity index (χ1n) is 9.50. The van der Waals surface area contributed by atoms with Crippen LogP contribution in [-0.4, -0.2) is 25.0 Å². The van der Waals surface area contributed by atoms with Crippen LogP contribution in [0.1, 0.15) is 22.6 Å². The molecule has 1 atom stereocenters. The van der Waals surface area contributed by atoms with Crippen molar-refractivity contribution >= 4 is 39.4 Å². The van der Waals surface area contributed by atoms with Crippen molar-refractivity contribution in [1.29, 1.82) is 0 Å². The molecule has 0 heterocycles. The van der Waals surface area contributed by atoms with Crippen LogP contribution in [0.5, 0.6) is 0 Å². The van der Waals surface area contributed by atoms with Crippen molar-refractivity contribution in [2.75, 3.05) is 7.11 Å². The Balaban J connectivity index is 1.65. The predicted molar refractivity (Wildman–Crippen MR) is 121 cm³/mol. The lowest BCUT2D eigenvalue weighted by atomic mass is 9.95. The fraction of sp³-hybridized carbons (Fsp3) is 0.167. The van der Waals surface area contributed by atoms with E-state index in [0.717, 1.165) is 32.3 Å². The Morgan fingerprint density at radius 3 is 2.23 bits per heavy atom. The first-order valence-corrected chi connectivity index (χ1v) is 10.7. The molecule has 6 heteroatoms. The molecule has 152 valence electrons. The highest BCUT2D eigenvalue weighted by molar-refractivity contribution is 9.10. The number of carbonyl (C=O) groups is 2. The van der Waals surface area contributed by atoms with Crippen molar-refractivity contribution in [2.45, 2.75) is 18.4 Å². The number of benzene rings is 3. The van der Waals surface area contributed by atoms with Gasteiger partial charge in [-0.1, -0.05) is 76.1 Å². The molecular weight excluding hydrogens is 466 g/mol. The van der Waals surface area contributed by atoms with Gasteiger partial charge in [0.15, 0.2) is 0 Å². The molecule has 30 heavy (non-hydrogen) atoms. The molecule has 0 fully saturated rings. The van der Waals surface area contributed by atoms with Crippen LogP contribution in [0.4, 0.5) is 0 Å². The number of esters is 1. The molecule has 0 saturated heterocycles. The van der Waals surface area contributed by atoms with Crippen LogP contribution in [0.2, 0.25) is 5.02 Å². The highest BCUT2D eigenvalue weighted by Gasteiger charge is 2.35. The third-order valence-corrected chi connectivity index (χ3v) is 6.34. The molecular formula is C24H19BrClNO3. The zero-order valence-corrected chi connectivity index (χ0v) is 18.5. The Labute approximate surface area is 188 Å². The van der Waals surface area contributed by atoms with Gasteiger partial charge in [0.25, 0.3) is 0 Å². The van der Waals surface area contributed by atoms with Crippen LogP contribution in [0.25, 0.3) is 11.1 Å². The number of ether oxygens (including phenoxy) is 1. The summed E-state index contributed by atoms with van der Waals surface area (Å²) >= 11 is 9.59. The van der Waals surface area contributed by atoms with Crippen molar-refractivity contribution in [3.63, 3.8) is 0 Å². The van der Waals surface area contributed by atoms with Gasteiger partial charge in [-0.25, -0.2) is 4.79 Å². The number of amides is 1. The van der Waals surface area contributed by atoms with Crippen LogP contribution in [0, 0.1) is 0 Å². The van der Waals surface area contributed by atoms with E-state index in [9.17, 15) is 9.59 Å². The molecule has 1 aliphatic rings. The smallest absolute Gasteiger partial charge is 0.328 e. The molecule has 4 rings (SSSR count). The van der Waals surface area contributed by atoms with Gasteiger partial charge in [0, 0.05) is 15.9 Å². The molecule has 1 aliphatic carbocycles. The maximum Gasteiger partial charge on any atom is 0.328 e. The van der Waals surface area contributed by atoms with Gasteiger partial charge >= 0.3 is 5.97 Å². The number of fused-ring (bicyclic) bond motifs is 3. The molecule has 0 saturated carbocycles. The largest absolute Gasteiger partial charge is 0.467 e. The molecule has 0 spiro atoms. The lowest BCUT2D eigenvalue weighted by molar-refractivity contribution is -0.145. The van der Waals surface area contributed by atoms with Crippen LogP contribution in [0.15, 0.2) is 71.2 Å². The average molecular weight is 485 g/mol. The Kier molecular flexibility index (Phi) is 5.93. The fourth-order valence-electron chi connectivity index (χ4n) is 3.95. The number of nitrogens with one attached hydrogen (secondary N) is 1. The van der Waals surface area contributed by atoms with E-state index in [1.165, 1.54) is 7.11 Å². The third-order valence-electron chi connectivity index (χ3n) is 5.33. The number of hydrogen-bond acceptors (Lipinski definition) is 3. The Morgan fingerprint density at radius 2 is 1.63 bits per heavy atom. The molecule has 1 N–H and O–H groups in total. The molecule has 0 bridgehead atoms. The van der Waals surface area contributed by atoms with Gasteiger partial charge in [0.2, 0.25) is 5.91 Å². The van der Waals surface area contributed by atoms with Gasteiger partial charge in [0.05, 0.1) is 13.0 Å². The Morgan fingerprint density at radius 1 is 1.03 bits per heavy atom. The summed E-state index contributed by atoms with van der Waals surface area (Å²) in [4.78, 5) is 25.9. The minimum atomic E-state index is -0.836. The van der Waals surface area contributed by atoms with E-state index in [1.54, 1.807) is 12.1 Å². The summed E-state index contributed by atoms with van der Waals surface area (Å²) in [6.45, 7) is 0. The summed E-state index contributed by atoms with van der Waals surface area (Å²) < 4.78 is 5.77. The van der Waals surface area contributed by atoms with E-state index in [2.05, 4.69) is 21.2 Å². The van der Waals surface area contributed by atoms with Crippen LogP contribution in [0.3, 0.4) is 0 Å². The van der Waals surface area contributed by atoms with Crippen molar-refractivity contribution in [3.05, 3.63) is 92.9 Å². The molecule has 0 radical (unpaired) electrons. The van der Waals surface area contributed by atoms with Gasteiger partial charge < -0.3 is 10.1 Å². The molecule has 3 aromatic carbocycles.